The summed E-state index contributed by atoms with van der Waals surface area (Å²) in [7, 11) is 0. The number of benzene rings is 2. The molecule has 1 aliphatic carbocycles. The van der Waals surface area contributed by atoms with E-state index in [0.717, 1.165) is 40.8 Å². The van der Waals surface area contributed by atoms with Gasteiger partial charge in [-0.05, 0) is 48.9 Å². The van der Waals surface area contributed by atoms with Gasteiger partial charge in [0.15, 0.2) is 0 Å². The van der Waals surface area contributed by atoms with Gasteiger partial charge in [0.25, 0.3) is 5.56 Å². The third-order valence-corrected chi connectivity index (χ3v) is 7.06. The van der Waals surface area contributed by atoms with Crippen LogP contribution in [0.3, 0.4) is 0 Å². The number of carbonyl (C=O) groups is 1. The van der Waals surface area contributed by atoms with Crippen molar-refractivity contribution in [1.82, 2.24) is 19.2 Å². The zero-order valence-corrected chi connectivity index (χ0v) is 19.9. The number of Topliss-reactive ketones (excluding diaryl/α,β-unsaturated/α-hetero) is 1. The molecule has 0 radical (unpaired) electrons. The molecule has 1 fully saturated rings. The van der Waals surface area contributed by atoms with E-state index in [0.29, 0.717) is 30.6 Å². The Bertz CT molecular complexity index is 1500. The molecule has 0 aliphatic heterocycles. The summed E-state index contributed by atoms with van der Waals surface area (Å²) in [6.45, 7) is 3.70. The lowest BCUT2D eigenvalue weighted by Crippen LogP contribution is -2.39. The monoisotopic (exact) mass is 465 g/mol. The van der Waals surface area contributed by atoms with Crippen LogP contribution in [-0.2, 0) is 17.6 Å². The minimum Gasteiger partial charge on any atom is -0.300 e. The van der Waals surface area contributed by atoms with E-state index in [1.807, 2.05) is 48.5 Å². The van der Waals surface area contributed by atoms with E-state index in [-0.39, 0.29) is 23.3 Å². The third-order valence-electron chi connectivity index (χ3n) is 7.06. The second-order valence-corrected chi connectivity index (χ2v) is 9.29. The average molecular weight is 466 g/mol. The van der Waals surface area contributed by atoms with E-state index >= 15 is 0 Å². The van der Waals surface area contributed by atoms with Gasteiger partial charge in [-0.1, -0.05) is 55.8 Å². The van der Waals surface area contributed by atoms with Crippen molar-refractivity contribution in [2.24, 2.45) is 5.92 Å². The molecule has 2 aromatic heterocycles. The largest absolute Gasteiger partial charge is 0.300 e. The first kappa shape index (κ1) is 22.7. The third kappa shape index (κ3) is 4.06. The van der Waals surface area contributed by atoms with Crippen LogP contribution in [0.25, 0.3) is 16.9 Å². The normalized spacial score (nSPS) is 17.2. The topological polar surface area (TPSA) is 93.0 Å². The highest BCUT2D eigenvalue weighted by molar-refractivity contribution is 5.79. The summed E-state index contributed by atoms with van der Waals surface area (Å²) in [6.07, 6.45) is 4.91. The first-order valence-electron chi connectivity index (χ1n) is 12.1. The van der Waals surface area contributed by atoms with Crippen molar-refractivity contribution in [2.45, 2.75) is 52.0 Å². The van der Waals surface area contributed by atoms with E-state index < -0.39 is 0 Å². The number of ketones is 1. The lowest BCUT2D eigenvalue weighted by atomic mass is 9.77. The second-order valence-electron chi connectivity index (χ2n) is 9.29. The molecule has 0 amide bonds. The maximum atomic E-state index is 13.8. The lowest BCUT2D eigenvalue weighted by molar-refractivity contribution is -0.124. The van der Waals surface area contributed by atoms with Crippen LogP contribution in [-0.4, -0.2) is 24.9 Å². The van der Waals surface area contributed by atoms with Gasteiger partial charge in [0.2, 0.25) is 5.78 Å². The molecule has 176 valence electrons. The summed E-state index contributed by atoms with van der Waals surface area (Å²) in [6, 6.07) is 17.8. The Morgan fingerprint density at radius 2 is 1.89 bits per heavy atom. The molecule has 0 N–H and O–H groups in total. The van der Waals surface area contributed by atoms with Crippen LogP contribution >= 0.6 is 0 Å². The highest BCUT2D eigenvalue weighted by atomic mass is 16.1. The highest BCUT2D eigenvalue weighted by Crippen LogP contribution is 2.38. The molecule has 2 aromatic carbocycles. The summed E-state index contributed by atoms with van der Waals surface area (Å²) in [5.41, 5.74) is 5.08. The molecule has 7 heteroatoms. The van der Waals surface area contributed by atoms with Crippen molar-refractivity contribution in [1.29, 1.82) is 5.26 Å². The summed E-state index contributed by atoms with van der Waals surface area (Å²) < 4.78 is 3.55. The van der Waals surface area contributed by atoms with Gasteiger partial charge in [-0.2, -0.15) is 15.3 Å². The van der Waals surface area contributed by atoms with Crippen LogP contribution in [0.1, 0.15) is 61.5 Å². The van der Waals surface area contributed by atoms with Gasteiger partial charge < -0.3 is 0 Å². The van der Waals surface area contributed by atoms with E-state index in [1.54, 1.807) is 16.0 Å². The minimum atomic E-state index is -0.0418. The smallest absolute Gasteiger partial charge is 0.259 e. The van der Waals surface area contributed by atoms with Gasteiger partial charge >= 0.3 is 0 Å². The number of carbonyl (C=O) groups excluding carboxylic acids is 1. The van der Waals surface area contributed by atoms with Crippen molar-refractivity contribution >= 4 is 11.6 Å². The minimum absolute atomic E-state index is 0.0115. The number of aryl methyl sites for hydroxylation is 1. The van der Waals surface area contributed by atoms with E-state index in [9.17, 15) is 14.9 Å². The highest BCUT2D eigenvalue weighted by Gasteiger charge is 2.36. The van der Waals surface area contributed by atoms with Crippen LogP contribution in [0.4, 0.5) is 0 Å². The molecular formula is C28H27N5O2. The van der Waals surface area contributed by atoms with Crippen molar-refractivity contribution in [3.8, 4) is 17.2 Å². The van der Waals surface area contributed by atoms with Gasteiger partial charge in [0, 0.05) is 23.9 Å². The fourth-order valence-electron chi connectivity index (χ4n) is 5.05. The molecule has 0 bridgehead atoms. The van der Waals surface area contributed by atoms with Gasteiger partial charge in [-0.3, -0.25) is 14.2 Å². The molecule has 1 aliphatic rings. The van der Waals surface area contributed by atoms with E-state index in [2.05, 4.69) is 23.1 Å². The maximum absolute atomic E-state index is 13.8. The summed E-state index contributed by atoms with van der Waals surface area (Å²) in [5, 5.41) is 13.9. The quantitative estimate of drug-likeness (QED) is 0.400. The second kappa shape index (κ2) is 9.30. The van der Waals surface area contributed by atoms with Crippen molar-refractivity contribution in [3.05, 3.63) is 87.6 Å². The van der Waals surface area contributed by atoms with Crippen LogP contribution in [0.15, 0.2) is 59.7 Å². The lowest BCUT2D eigenvalue weighted by Gasteiger charge is -2.35. The van der Waals surface area contributed by atoms with Crippen LogP contribution in [0.2, 0.25) is 0 Å². The maximum Gasteiger partial charge on any atom is 0.259 e. The molecule has 0 spiro atoms. The van der Waals surface area contributed by atoms with Crippen LogP contribution in [0.5, 0.6) is 0 Å². The summed E-state index contributed by atoms with van der Waals surface area (Å²) in [4.78, 5) is 30.0. The number of fused-ring (bicyclic) bond motifs is 1. The van der Waals surface area contributed by atoms with Crippen LogP contribution < -0.4 is 5.56 Å². The first-order valence-corrected chi connectivity index (χ1v) is 12.1. The fraction of sp³-hybridized carbons (Fsp3) is 0.321. The number of hydrogen-bond acceptors (Lipinski definition) is 5. The number of nitrogens with zero attached hydrogens (tertiary/aromatic N) is 5. The standard InChI is InChI=1S/C28H27N5O2/c1-3-6-26-25(13-19-9-11-20(12-10-19)24-8-5-4-7-21(24)16-29)27(35)32(28-30-17-31-33(26)28)23-14-22(15-23)18(2)34/h4-5,7-12,17,22-23H,3,6,13-15H2,1-2H3. The first-order chi connectivity index (χ1) is 17.0. The zero-order valence-electron chi connectivity index (χ0n) is 19.9. The zero-order chi connectivity index (χ0) is 24.5. The van der Waals surface area contributed by atoms with Crippen LogP contribution in [0, 0.1) is 17.2 Å². The predicted molar refractivity (Wildman–Crippen MR) is 133 cm³/mol. The predicted octanol–water partition coefficient (Wildman–Crippen LogP) is 4.51. The molecule has 0 saturated heterocycles. The Kier molecular flexibility index (Phi) is 6.04. The SMILES string of the molecule is CCCc1c(Cc2ccc(-c3ccccc3C#N)cc2)c(=O)n(C2CC(C(C)=O)C2)c2ncnn12. The summed E-state index contributed by atoms with van der Waals surface area (Å²) in [5.74, 6) is 0.739. The number of nitriles is 1. The van der Waals surface area contributed by atoms with Crippen molar-refractivity contribution in [3.63, 3.8) is 0 Å². The van der Waals surface area contributed by atoms with Crippen molar-refractivity contribution in [2.75, 3.05) is 0 Å². The Morgan fingerprint density at radius 1 is 1.14 bits per heavy atom. The van der Waals surface area contributed by atoms with E-state index in [4.69, 9.17) is 0 Å². The number of hydrogen-bond donors (Lipinski definition) is 0. The van der Waals surface area contributed by atoms with Gasteiger partial charge in [-0.15, -0.1) is 0 Å². The Balaban J connectivity index is 1.54. The molecule has 0 unspecified atom stereocenters. The Morgan fingerprint density at radius 3 is 2.57 bits per heavy atom. The molecule has 35 heavy (non-hydrogen) atoms. The Hall–Kier alpha value is -4.05. The van der Waals surface area contributed by atoms with Gasteiger partial charge in [-0.25, -0.2) is 4.52 Å². The molecule has 5 rings (SSSR count). The van der Waals surface area contributed by atoms with E-state index in [1.165, 1.54) is 6.33 Å². The molecule has 0 atom stereocenters. The molecule has 4 aromatic rings. The average Bonchev–Trinajstić information content (AvgIpc) is 3.32. The van der Waals surface area contributed by atoms with Gasteiger partial charge in [0.1, 0.15) is 12.1 Å². The molecule has 2 heterocycles. The number of rotatable bonds is 7. The molecule has 1 saturated carbocycles. The molecule has 7 nitrogen and oxygen atoms in total. The fourth-order valence-corrected chi connectivity index (χ4v) is 5.05. The molecular weight excluding hydrogens is 438 g/mol. The summed E-state index contributed by atoms with van der Waals surface area (Å²) >= 11 is 0. The Labute approximate surface area is 203 Å². The van der Waals surface area contributed by atoms with Gasteiger partial charge in [0.05, 0.1) is 17.3 Å². The number of aromatic nitrogens is 4. The van der Waals surface area contributed by atoms with Crippen molar-refractivity contribution < 1.29 is 4.79 Å².